The number of amides is 2. The van der Waals surface area contributed by atoms with Gasteiger partial charge in [-0.1, -0.05) is 34.6 Å². The molecule has 0 aromatic heterocycles. The highest BCUT2D eigenvalue weighted by molar-refractivity contribution is 5.99. The molecule has 4 rings (SSSR count). The zero-order chi connectivity index (χ0) is 24.6. The van der Waals surface area contributed by atoms with Crippen molar-refractivity contribution in [3.05, 3.63) is 29.8 Å². The molecule has 8 nitrogen and oxygen atoms in total. The Labute approximate surface area is 202 Å². The molecule has 3 saturated heterocycles. The lowest BCUT2D eigenvalue weighted by Crippen LogP contribution is -2.57. The number of anilines is 1. The van der Waals surface area contributed by atoms with Gasteiger partial charge in [-0.2, -0.15) is 0 Å². The number of nitrogens with one attached hydrogen (secondary N) is 1. The van der Waals surface area contributed by atoms with Gasteiger partial charge in [0.25, 0.3) is 5.91 Å². The minimum absolute atomic E-state index is 0.0514. The number of nitrogens with zero attached hydrogens (tertiary/aromatic N) is 3. The van der Waals surface area contributed by atoms with Gasteiger partial charge in [0, 0.05) is 49.9 Å². The minimum Gasteiger partial charge on any atom is -0.369 e. The summed E-state index contributed by atoms with van der Waals surface area (Å²) in [5.41, 5.74) is 1.11. The number of benzene rings is 1. The quantitative estimate of drug-likeness (QED) is 0.707. The smallest absolute Gasteiger partial charge is 0.251 e. The fraction of sp³-hybridized carbons (Fsp3) is 0.654. The van der Waals surface area contributed by atoms with Crippen molar-refractivity contribution in [3.8, 4) is 0 Å². The highest BCUT2D eigenvalue weighted by Crippen LogP contribution is 2.33. The molecule has 2 amide bonds. The Morgan fingerprint density at radius 3 is 2.35 bits per heavy atom. The van der Waals surface area contributed by atoms with Gasteiger partial charge >= 0.3 is 0 Å². The van der Waals surface area contributed by atoms with Crippen LogP contribution >= 0.6 is 0 Å². The topological polar surface area (TPSA) is 82.2 Å². The number of carbonyl (C=O) groups excluding carboxylic acids is 3. The number of fused-ring (bicyclic) bond motifs is 1. The van der Waals surface area contributed by atoms with Crippen LogP contribution < -0.4 is 10.2 Å². The number of hydrogen-bond donors (Lipinski definition) is 1. The van der Waals surface area contributed by atoms with E-state index in [0.717, 1.165) is 38.4 Å². The predicted molar refractivity (Wildman–Crippen MR) is 131 cm³/mol. The largest absolute Gasteiger partial charge is 0.369 e. The molecule has 1 N–H and O–H groups in total. The van der Waals surface area contributed by atoms with Gasteiger partial charge in [0.2, 0.25) is 5.91 Å². The Morgan fingerprint density at radius 2 is 1.76 bits per heavy atom. The van der Waals surface area contributed by atoms with E-state index in [2.05, 4.69) is 22.0 Å². The van der Waals surface area contributed by atoms with Crippen molar-refractivity contribution in [3.63, 3.8) is 0 Å². The Morgan fingerprint density at radius 1 is 1.12 bits per heavy atom. The monoisotopic (exact) mass is 470 g/mol. The maximum absolute atomic E-state index is 13.6. The number of ketones is 1. The Balaban J connectivity index is 1.45. The van der Waals surface area contributed by atoms with E-state index in [-0.39, 0.29) is 36.2 Å². The Bertz CT molecular complexity index is 918. The average molecular weight is 471 g/mol. The number of hydrogen-bond acceptors (Lipinski definition) is 6. The Hall–Kier alpha value is -2.45. The molecule has 3 aliphatic rings. The molecule has 186 valence electrons. The molecule has 0 saturated carbocycles. The highest BCUT2D eigenvalue weighted by Gasteiger charge is 2.52. The van der Waals surface area contributed by atoms with E-state index in [1.165, 1.54) is 0 Å². The zero-order valence-electron chi connectivity index (χ0n) is 21.0. The summed E-state index contributed by atoms with van der Waals surface area (Å²) in [7, 11) is 0. The fourth-order valence-corrected chi connectivity index (χ4v) is 5.29. The minimum atomic E-state index is -0.749. The predicted octanol–water partition coefficient (Wildman–Crippen LogP) is 1.79. The molecule has 0 radical (unpaired) electrons. The third-order valence-corrected chi connectivity index (χ3v) is 7.43. The van der Waals surface area contributed by atoms with E-state index >= 15 is 0 Å². The van der Waals surface area contributed by atoms with E-state index in [9.17, 15) is 14.4 Å². The van der Waals surface area contributed by atoms with E-state index in [1.54, 1.807) is 4.90 Å². The Kier molecular flexibility index (Phi) is 7.01. The van der Waals surface area contributed by atoms with Gasteiger partial charge in [0.1, 0.15) is 18.7 Å². The van der Waals surface area contributed by atoms with Gasteiger partial charge in [-0.3, -0.25) is 14.4 Å². The SMILES string of the molecule is CCN1CCN(c2ccc(C(=O)N[C@H](C(=O)N3C[C@@H](C)[C@H]4OCC(=O)[C@H]43)C(C)(C)C)cc2)CC1. The second-order valence-electron chi connectivity index (χ2n) is 10.9. The maximum atomic E-state index is 13.6. The zero-order valence-corrected chi connectivity index (χ0v) is 21.0. The van der Waals surface area contributed by atoms with Crippen LogP contribution in [0.2, 0.25) is 0 Å². The van der Waals surface area contributed by atoms with Crippen LogP contribution in [0.4, 0.5) is 5.69 Å². The molecule has 1 aromatic rings. The molecule has 3 heterocycles. The first-order valence-corrected chi connectivity index (χ1v) is 12.4. The number of carbonyl (C=O) groups is 3. The van der Waals surface area contributed by atoms with Crippen LogP contribution in [-0.4, -0.2) is 91.5 Å². The van der Waals surface area contributed by atoms with Gasteiger partial charge in [-0.15, -0.1) is 0 Å². The van der Waals surface area contributed by atoms with Gasteiger partial charge in [0.05, 0.1) is 6.10 Å². The highest BCUT2D eigenvalue weighted by atomic mass is 16.5. The van der Waals surface area contributed by atoms with Crippen molar-refractivity contribution in [1.82, 2.24) is 15.1 Å². The molecule has 3 aliphatic heterocycles. The molecule has 0 spiro atoms. The third-order valence-electron chi connectivity index (χ3n) is 7.43. The van der Waals surface area contributed by atoms with Crippen LogP contribution in [-0.2, 0) is 14.3 Å². The molecular weight excluding hydrogens is 432 g/mol. The standard InChI is InChI=1S/C26H38N4O4/c1-6-28-11-13-29(14-12-28)19-9-7-18(8-10-19)24(32)27-23(26(3,4)5)25(33)30-15-17(2)22-21(30)20(31)16-34-22/h7-10,17,21-23H,6,11-16H2,1-5H3,(H,27,32)/t17-,21-,22-,23-/m1/s1. The lowest BCUT2D eigenvalue weighted by atomic mass is 9.85. The number of likely N-dealkylation sites (tertiary alicyclic amines) is 1. The van der Waals surface area contributed by atoms with Crippen molar-refractivity contribution in [2.75, 3.05) is 50.8 Å². The summed E-state index contributed by atoms with van der Waals surface area (Å²) in [5.74, 6) is -0.474. The summed E-state index contributed by atoms with van der Waals surface area (Å²) in [6, 6.07) is 6.31. The summed E-state index contributed by atoms with van der Waals surface area (Å²) in [4.78, 5) is 45.6. The second kappa shape index (κ2) is 9.66. The van der Waals surface area contributed by atoms with Crippen LogP contribution in [0.3, 0.4) is 0 Å². The maximum Gasteiger partial charge on any atom is 0.251 e. The van der Waals surface area contributed by atoms with Crippen molar-refractivity contribution < 1.29 is 19.1 Å². The first-order chi connectivity index (χ1) is 16.1. The molecular formula is C26H38N4O4. The average Bonchev–Trinajstić information content (AvgIpc) is 3.36. The normalized spacial score (nSPS) is 26.5. The van der Waals surface area contributed by atoms with Crippen LogP contribution in [0.5, 0.6) is 0 Å². The van der Waals surface area contributed by atoms with E-state index in [1.807, 2.05) is 52.0 Å². The molecule has 34 heavy (non-hydrogen) atoms. The van der Waals surface area contributed by atoms with Crippen LogP contribution in [0.1, 0.15) is 45.0 Å². The molecule has 8 heteroatoms. The molecule has 4 atom stereocenters. The first-order valence-electron chi connectivity index (χ1n) is 12.4. The third kappa shape index (κ3) is 4.84. The lowest BCUT2D eigenvalue weighted by Gasteiger charge is -2.36. The summed E-state index contributed by atoms with van der Waals surface area (Å²) < 4.78 is 5.63. The second-order valence-corrected chi connectivity index (χ2v) is 10.9. The first kappa shape index (κ1) is 24.7. The number of ether oxygens (including phenoxy) is 1. The molecule has 3 fully saturated rings. The molecule has 0 aliphatic carbocycles. The van der Waals surface area contributed by atoms with Crippen LogP contribution in [0.25, 0.3) is 0 Å². The van der Waals surface area contributed by atoms with E-state index in [4.69, 9.17) is 4.74 Å². The number of likely N-dealkylation sites (N-methyl/N-ethyl adjacent to an activating group) is 1. The molecule has 1 aromatic carbocycles. The summed E-state index contributed by atoms with van der Waals surface area (Å²) in [6.07, 6.45) is -0.250. The van der Waals surface area contributed by atoms with E-state index in [0.29, 0.717) is 12.1 Å². The lowest BCUT2D eigenvalue weighted by molar-refractivity contribution is -0.140. The van der Waals surface area contributed by atoms with Crippen molar-refractivity contribution in [2.45, 2.75) is 52.8 Å². The molecule has 0 unspecified atom stereocenters. The summed E-state index contributed by atoms with van der Waals surface area (Å²) >= 11 is 0. The fourth-order valence-electron chi connectivity index (χ4n) is 5.29. The van der Waals surface area contributed by atoms with E-state index < -0.39 is 17.5 Å². The van der Waals surface area contributed by atoms with Gasteiger partial charge in [-0.05, 0) is 36.2 Å². The van der Waals surface area contributed by atoms with Gasteiger partial charge in [0.15, 0.2) is 5.78 Å². The molecule has 0 bridgehead atoms. The van der Waals surface area contributed by atoms with Crippen LogP contribution in [0.15, 0.2) is 24.3 Å². The van der Waals surface area contributed by atoms with Gasteiger partial charge in [-0.25, -0.2) is 0 Å². The van der Waals surface area contributed by atoms with Crippen molar-refractivity contribution in [1.29, 1.82) is 0 Å². The number of Topliss-reactive ketones (excluding diaryl/α,β-unsaturated/α-hetero) is 1. The van der Waals surface area contributed by atoms with Crippen LogP contribution in [0, 0.1) is 11.3 Å². The van der Waals surface area contributed by atoms with Crippen molar-refractivity contribution in [2.24, 2.45) is 11.3 Å². The summed E-state index contributed by atoms with van der Waals surface area (Å²) in [5, 5.41) is 2.97. The number of rotatable bonds is 5. The number of piperazine rings is 1. The van der Waals surface area contributed by atoms with Crippen molar-refractivity contribution >= 4 is 23.3 Å². The summed E-state index contributed by atoms with van der Waals surface area (Å²) in [6.45, 7) is 15.6. The van der Waals surface area contributed by atoms with Gasteiger partial charge < -0.3 is 24.8 Å².